The zero-order valence-electron chi connectivity index (χ0n) is 14.7. The van der Waals surface area contributed by atoms with Gasteiger partial charge in [-0.25, -0.2) is 0 Å². The first-order valence-electron chi connectivity index (χ1n) is 8.93. The van der Waals surface area contributed by atoms with Crippen LogP contribution in [0.15, 0.2) is 28.7 Å². The fraction of sp³-hybridized carbons (Fsp3) is 0.632. The van der Waals surface area contributed by atoms with Crippen LogP contribution in [-0.2, 0) is 4.79 Å². The maximum absolute atomic E-state index is 12.7. The number of benzene rings is 1. The van der Waals surface area contributed by atoms with Gasteiger partial charge in [-0.05, 0) is 61.8 Å². The Labute approximate surface area is 165 Å². The summed E-state index contributed by atoms with van der Waals surface area (Å²) in [6.07, 6.45) is 5.60. The summed E-state index contributed by atoms with van der Waals surface area (Å²) in [7, 11) is 1.89. The lowest BCUT2D eigenvalue weighted by Gasteiger charge is -2.44. The molecule has 2 bridgehead atoms. The van der Waals surface area contributed by atoms with Crippen LogP contribution >= 0.6 is 28.3 Å². The van der Waals surface area contributed by atoms with Crippen LogP contribution in [0.25, 0.3) is 0 Å². The average molecular weight is 432 g/mol. The topological polar surface area (TPSA) is 55.6 Å². The van der Waals surface area contributed by atoms with Crippen molar-refractivity contribution >= 4 is 34.2 Å². The maximum Gasteiger partial charge on any atom is 0.225 e. The zero-order valence-corrected chi connectivity index (χ0v) is 17.1. The molecule has 0 saturated heterocycles. The van der Waals surface area contributed by atoms with Crippen molar-refractivity contribution in [2.75, 3.05) is 20.2 Å². The van der Waals surface area contributed by atoms with E-state index in [1.54, 1.807) is 0 Å². The predicted octanol–water partition coefficient (Wildman–Crippen LogP) is 3.86. The van der Waals surface area contributed by atoms with Gasteiger partial charge in [0.05, 0.1) is 6.54 Å². The summed E-state index contributed by atoms with van der Waals surface area (Å²) in [4.78, 5) is 14.6. The van der Waals surface area contributed by atoms with Gasteiger partial charge in [-0.3, -0.25) is 4.79 Å². The lowest BCUT2D eigenvalue weighted by molar-refractivity contribution is -0.137. The van der Waals surface area contributed by atoms with E-state index in [2.05, 4.69) is 15.9 Å². The van der Waals surface area contributed by atoms with E-state index in [-0.39, 0.29) is 24.2 Å². The van der Waals surface area contributed by atoms with Crippen LogP contribution in [-0.4, -0.2) is 37.0 Å². The molecular weight excluding hydrogens is 404 g/mol. The minimum Gasteiger partial charge on any atom is -0.492 e. The molecule has 2 unspecified atom stereocenters. The Kier molecular flexibility index (Phi) is 7.59. The summed E-state index contributed by atoms with van der Waals surface area (Å²) in [5, 5.41) is 0. The third-order valence-corrected chi connectivity index (χ3v) is 6.18. The standard InChI is InChI=1S/C19H27BrN2O2.ClH/c1-22(9-10-24-17-7-5-16(20)6-8-17)19(23)15-11-13-3-2-4-14(12-15)18(13)21;/h5-8,13-15,18H,2-4,9-12,21H2,1H3;1H. The predicted molar refractivity (Wildman–Crippen MR) is 106 cm³/mol. The highest BCUT2D eigenvalue weighted by atomic mass is 79.9. The van der Waals surface area contributed by atoms with Crippen molar-refractivity contribution < 1.29 is 9.53 Å². The number of rotatable bonds is 5. The van der Waals surface area contributed by atoms with Gasteiger partial charge in [0.15, 0.2) is 0 Å². The molecule has 2 N–H and O–H groups in total. The van der Waals surface area contributed by atoms with Gasteiger partial charge in [-0.2, -0.15) is 0 Å². The van der Waals surface area contributed by atoms with Crippen LogP contribution in [0.2, 0.25) is 0 Å². The van der Waals surface area contributed by atoms with Crippen molar-refractivity contribution in [1.29, 1.82) is 0 Å². The number of halogens is 2. The number of hydrogen-bond acceptors (Lipinski definition) is 3. The van der Waals surface area contributed by atoms with Gasteiger partial charge >= 0.3 is 0 Å². The molecule has 1 aromatic carbocycles. The number of likely N-dealkylation sites (N-methyl/N-ethyl adjacent to an activating group) is 1. The molecule has 2 atom stereocenters. The van der Waals surface area contributed by atoms with Gasteiger partial charge in [-0.15, -0.1) is 12.4 Å². The lowest BCUT2D eigenvalue weighted by atomic mass is 9.65. The summed E-state index contributed by atoms with van der Waals surface area (Å²) in [5.41, 5.74) is 6.33. The van der Waals surface area contributed by atoms with Crippen LogP contribution in [0.1, 0.15) is 32.1 Å². The Hall–Kier alpha value is -0.780. The van der Waals surface area contributed by atoms with Gasteiger partial charge in [0.2, 0.25) is 5.91 Å². The van der Waals surface area contributed by atoms with Crippen molar-refractivity contribution in [3.8, 4) is 5.75 Å². The minimum absolute atomic E-state index is 0. The molecule has 0 radical (unpaired) electrons. The van der Waals surface area contributed by atoms with E-state index in [1.165, 1.54) is 19.3 Å². The Morgan fingerprint density at radius 2 is 1.84 bits per heavy atom. The van der Waals surface area contributed by atoms with E-state index in [4.69, 9.17) is 10.5 Å². The molecule has 0 aliphatic heterocycles. The molecule has 25 heavy (non-hydrogen) atoms. The second kappa shape index (κ2) is 9.24. The Morgan fingerprint density at radius 1 is 1.24 bits per heavy atom. The summed E-state index contributed by atoms with van der Waals surface area (Å²) in [5.74, 6) is 2.32. The second-order valence-corrected chi connectivity index (χ2v) is 8.17. The van der Waals surface area contributed by atoms with Crippen LogP contribution in [0.5, 0.6) is 5.75 Å². The Morgan fingerprint density at radius 3 is 2.44 bits per heavy atom. The van der Waals surface area contributed by atoms with Gasteiger partial charge in [0, 0.05) is 23.5 Å². The number of carbonyl (C=O) groups is 1. The highest BCUT2D eigenvalue weighted by Crippen LogP contribution is 2.42. The number of nitrogens with two attached hydrogens (primary N) is 1. The molecule has 1 aromatic rings. The van der Waals surface area contributed by atoms with Crippen molar-refractivity contribution in [2.24, 2.45) is 23.5 Å². The number of carbonyl (C=O) groups excluding carboxylic acids is 1. The first kappa shape index (κ1) is 20.5. The number of fused-ring (bicyclic) bond motifs is 2. The van der Waals surface area contributed by atoms with Crippen LogP contribution in [0, 0.1) is 17.8 Å². The summed E-state index contributed by atoms with van der Waals surface area (Å²) in [6, 6.07) is 8.07. The van der Waals surface area contributed by atoms with Crippen LogP contribution in [0.3, 0.4) is 0 Å². The van der Waals surface area contributed by atoms with E-state index in [1.807, 2.05) is 36.2 Å². The van der Waals surface area contributed by atoms with Crippen LogP contribution in [0.4, 0.5) is 0 Å². The van der Waals surface area contributed by atoms with Crippen molar-refractivity contribution in [2.45, 2.75) is 38.1 Å². The number of nitrogens with zero attached hydrogens (tertiary/aromatic N) is 1. The number of ether oxygens (including phenoxy) is 1. The van der Waals surface area contributed by atoms with Crippen molar-refractivity contribution in [1.82, 2.24) is 4.90 Å². The number of amides is 1. The molecule has 4 nitrogen and oxygen atoms in total. The molecule has 0 heterocycles. The van der Waals surface area contributed by atoms with E-state index >= 15 is 0 Å². The molecule has 140 valence electrons. The van der Waals surface area contributed by atoms with Gasteiger partial charge in [-0.1, -0.05) is 22.4 Å². The van der Waals surface area contributed by atoms with E-state index in [0.29, 0.717) is 31.0 Å². The zero-order chi connectivity index (χ0) is 17.1. The molecule has 0 spiro atoms. The highest BCUT2D eigenvalue weighted by Gasteiger charge is 2.41. The molecule has 2 aliphatic rings. The second-order valence-electron chi connectivity index (χ2n) is 7.26. The smallest absolute Gasteiger partial charge is 0.225 e. The summed E-state index contributed by atoms with van der Waals surface area (Å²) < 4.78 is 6.76. The third kappa shape index (κ3) is 5.11. The summed E-state index contributed by atoms with van der Waals surface area (Å²) >= 11 is 3.41. The quantitative estimate of drug-likeness (QED) is 0.770. The SMILES string of the molecule is CN(CCOc1ccc(Br)cc1)C(=O)C1CC2CCCC(C1)C2N.Cl. The average Bonchev–Trinajstić information content (AvgIpc) is 2.55. The van der Waals surface area contributed by atoms with Crippen molar-refractivity contribution in [3.05, 3.63) is 28.7 Å². The maximum atomic E-state index is 12.7. The molecule has 0 aromatic heterocycles. The Bertz CT molecular complexity index is 555. The minimum atomic E-state index is 0. The monoisotopic (exact) mass is 430 g/mol. The van der Waals surface area contributed by atoms with Crippen LogP contribution < -0.4 is 10.5 Å². The molecule has 2 saturated carbocycles. The normalized spacial score (nSPS) is 28.0. The van der Waals surface area contributed by atoms with Gasteiger partial charge in [0.1, 0.15) is 12.4 Å². The first-order chi connectivity index (χ1) is 11.5. The first-order valence-corrected chi connectivity index (χ1v) is 9.73. The molecule has 1 amide bonds. The van der Waals surface area contributed by atoms with E-state index < -0.39 is 0 Å². The molecule has 6 heteroatoms. The van der Waals surface area contributed by atoms with E-state index in [0.717, 1.165) is 23.1 Å². The fourth-order valence-electron chi connectivity index (χ4n) is 4.24. The summed E-state index contributed by atoms with van der Waals surface area (Å²) in [6.45, 7) is 1.13. The molecule has 2 aliphatic carbocycles. The highest BCUT2D eigenvalue weighted by molar-refractivity contribution is 9.10. The Balaban J connectivity index is 0.00000225. The number of hydrogen-bond donors (Lipinski definition) is 1. The third-order valence-electron chi connectivity index (χ3n) is 5.65. The largest absolute Gasteiger partial charge is 0.492 e. The van der Waals surface area contributed by atoms with Gasteiger partial charge in [0.25, 0.3) is 0 Å². The fourth-order valence-corrected chi connectivity index (χ4v) is 4.51. The lowest BCUT2D eigenvalue weighted by Crippen LogP contribution is -2.49. The van der Waals surface area contributed by atoms with Gasteiger partial charge < -0.3 is 15.4 Å². The van der Waals surface area contributed by atoms with Crippen molar-refractivity contribution in [3.63, 3.8) is 0 Å². The van der Waals surface area contributed by atoms with E-state index in [9.17, 15) is 4.79 Å². The molecule has 2 fully saturated rings. The molecule has 3 rings (SSSR count). The molecular formula is C19H28BrClN2O2.